The lowest BCUT2D eigenvalue weighted by molar-refractivity contribution is -0.137. The van der Waals surface area contributed by atoms with E-state index in [0.717, 1.165) is 5.56 Å². The third-order valence-corrected chi connectivity index (χ3v) is 3.96. The molecule has 1 aromatic rings. The van der Waals surface area contributed by atoms with Gasteiger partial charge in [0.15, 0.2) is 0 Å². The Labute approximate surface area is 118 Å². The molecule has 0 amide bonds. The number of rotatable bonds is 9. The molecule has 1 rings (SSSR count). The predicted octanol–water partition coefficient (Wildman–Crippen LogP) is 1.16. The van der Waals surface area contributed by atoms with E-state index in [-0.39, 0.29) is 31.7 Å². The highest BCUT2D eigenvalue weighted by Crippen LogP contribution is 2.11. The molecule has 0 aliphatic heterocycles. The quantitative estimate of drug-likeness (QED) is 0.668. The van der Waals surface area contributed by atoms with Crippen LogP contribution in [0.15, 0.2) is 24.3 Å². The zero-order valence-corrected chi connectivity index (χ0v) is 12.1. The average molecular weight is 301 g/mol. The van der Waals surface area contributed by atoms with E-state index in [1.54, 1.807) is 6.07 Å². The molecule has 1 aromatic carbocycles. The van der Waals surface area contributed by atoms with Crippen molar-refractivity contribution >= 4 is 16.0 Å². The molecule has 0 fully saturated rings. The molecular weight excluding hydrogens is 282 g/mol. The van der Waals surface area contributed by atoms with Crippen molar-refractivity contribution in [2.24, 2.45) is 0 Å². The molecule has 2 N–H and O–H groups in total. The van der Waals surface area contributed by atoms with E-state index in [0.29, 0.717) is 5.75 Å². The zero-order valence-electron chi connectivity index (χ0n) is 11.3. The number of carbonyl (C=O) groups is 1. The molecule has 0 heterocycles. The lowest BCUT2D eigenvalue weighted by Gasteiger charge is -2.08. The summed E-state index contributed by atoms with van der Waals surface area (Å²) in [5.74, 6) is -0.498. The number of hydrogen-bond acceptors (Lipinski definition) is 4. The van der Waals surface area contributed by atoms with Crippen molar-refractivity contribution in [2.75, 3.05) is 18.9 Å². The van der Waals surface area contributed by atoms with Crippen LogP contribution in [-0.2, 0) is 14.8 Å². The van der Waals surface area contributed by atoms with Crippen molar-refractivity contribution in [2.45, 2.75) is 19.8 Å². The minimum atomic E-state index is -3.43. The van der Waals surface area contributed by atoms with E-state index in [1.165, 1.54) is 0 Å². The van der Waals surface area contributed by atoms with Crippen LogP contribution in [0.5, 0.6) is 5.75 Å². The Hall–Kier alpha value is -1.60. The molecule has 0 aromatic heterocycles. The number of aliphatic carboxylic acids is 1. The second kappa shape index (κ2) is 7.86. The van der Waals surface area contributed by atoms with Crippen LogP contribution in [0.1, 0.15) is 18.4 Å². The van der Waals surface area contributed by atoms with Gasteiger partial charge in [0.05, 0.1) is 5.75 Å². The summed E-state index contributed by atoms with van der Waals surface area (Å²) in [4.78, 5) is 10.3. The summed E-state index contributed by atoms with van der Waals surface area (Å²) in [5, 5.41) is 8.44. The van der Waals surface area contributed by atoms with Gasteiger partial charge in [-0.25, -0.2) is 13.1 Å². The molecule has 0 spiro atoms. The van der Waals surface area contributed by atoms with Crippen LogP contribution in [0.4, 0.5) is 0 Å². The predicted molar refractivity (Wildman–Crippen MR) is 75.3 cm³/mol. The maximum atomic E-state index is 11.5. The SMILES string of the molecule is Cc1cccc(OCCNS(=O)(=O)CCCC(=O)O)c1. The second-order valence-corrected chi connectivity index (χ2v) is 6.30. The lowest BCUT2D eigenvalue weighted by atomic mass is 10.2. The van der Waals surface area contributed by atoms with Crippen molar-refractivity contribution in [3.8, 4) is 5.75 Å². The van der Waals surface area contributed by atoms with Gasteiger partial charge in [-0.05, 0) is 31.0 Å². The number of carboxylic acid groups (broad SMARTS) is 1. The highest BCUT2D eigenvalue weighted by molar-refractivity contribution is 7.89. The topological polar surface area (TPSA) is 92.7 Å². The van der Waals surface area contributed by atoms with Crippen LogP contribution in [-0.4, -0.2) is 38.4 Å². The molecule has 0 atom stereocenters. The van der Waals surface area contributed by atoms with Crippen molar-refractivity contribution in [1.82, 2.24) is 4.72 Å². The van der Waals surface area contributed by atoms with E-state index in [2.05, 4.69) is 4.72 Å². The minimum absolute atomic E-state index is 0.101. The first kappa shape index (κ1) is 16.5. The molecular formula is C13H19NO5S. The van der Waals surface area contributed by atoms with Gasteiger partial charge in [-0.3, -0.25) is 4.79 Å². The molecule has 0 unspecified atom stereocenters. The van der Waals surface area contributed by atoms with Gasteiger partial charge in [0.2, 0.25) is 10.0 Å². The van der Waals surface area contributed by atoms with Gasteiger partial charge in [-0.15, -0.1) is 0 Å². The summed E-state index contributed by atoms with van der Waals surface area (Å²) in [5.41, 5.74) is 1.07. The third-order valence-electron chi connectivity index (χ3n) is 2.49. The molecule has 0 radical (unpaired) electrons. The third kappa shape index (κ3) is 7.10. The minimum Gasteiger partial charge on any atom is -0.492 e. The number of benzene rings is 1. The van der Waals surface area contributed by atoms with Gasteiger partial charge in [0, 0.05) is 13.0 Å². The van der Waals surface area contributed by atoms with Crippen LogP contribution in [0.3, 0.4) is 0 Å². The monoisotopic (exact) mass is 301 g/mol. The molecule has 112 valence electrons. The Bertz CT molecular complexity index is 541. The maximum Gasteiger partial charge on any atom is 0.303 e. The normalized spacial score (nSPS) is 11.2. The van der Waals surface area contributed by atoms with E-state index in [1.807, 2.05) is 25.1 Å². The summed E-state index contributed by atoms with van der Waals surface area (Å²) in [6.07, 6.45) is -0.0515. The van der Waals surface area contributed by atoms with Gasteiger partial charge in [0.1, 0.15) is 12.4 Å². The Morgan fingerprint density at radius 2 is 2.15 bits per heavy atom. The highest BCUT2D eigenvalue weighted by Gasteiger charge is 2.10. The number of sulfonamides is 1. The van der Waals surface area contributed by atoms with Crippen LogP contribution in [0.2, 0.25) is 0 Å². The molecule has 20 heavy (non-hydrogen) atoms. The van der Waals surface area contributed by atoms with Crippen molar-refractivity contribution in [3.05, 3.63) is 29.8 Å². The highest BCUT2D eigenvalue weighted by atomic mass is 32.2. The van der Waals surface area contributed by atoms with Crippen LogP contribution in [0, 0.1) is 6.92 Å². The first-order chi connectivity index (χ1) is 9.39. The van der Waals surface area contributed by atoms with Crippen molar-refractivity contribution in [3.63, 3.8) is 0 Å². The fourth-order valence-corrected chi connectivity index (χ4v) is 2.62. The molecule has 0 saturated heterocycles. The standard InChI is InChI=1S/C13H19NO5S/c1-11-4-2-5-12(10-11)19-8-7-14-20(17,18)9-3-6-13(15)16/h2,4-5,10,14H,3,6-9H2,1H3,(H,15,16). The summed E-state index contributed by atoms with van der Waals surface area (Å²) in [7, 11) is -3.43. The Balaban J connectivity index is 2.24. The van der Waals surface area contributed by atoms with Crippen LogP contribution >= 0.6 is 0 Å². The van der Waals surface area contributed by atoms with Crippen LogP contribution in [0.25, 0.3) is 0 Å². The van der Waals surface area contributed by atoms with Gasteiger partial charge in [-0.2, -0.15) is 0 Å². The Kier molecular flexibility index (Phi) is 6.47. The van der Waals surface area contributed by atoms with E-state index in [9.17, 15) is 13.2 Å². The Morgan fingerprint density at radius 1 is 1.40 bits per heavy atom. The fourth-order valence-electron chi connectivity index (χ4n) is 1.56. The first-order valence-corrected chi connectivity index (χ1v) is 7.93. The second-order valence-electron chi connectivity index (χ2n) is 4.38. The Morgan fingerprint density at radius 3 is 2.80 bits per heavy atom. The van der Waals surface area contributed by atoms with E-state index >= 15 is 0 Å². The molecule has 7 heteroatoms. The van der Waals surface area contributed by atoms with Gasteiger partial charge in [-0.1, -0.05) is 12.1 Å². The number of aryl methyl sites for hydroxylation is 1. The van der Waals surface area contributed by atoms with Gasteiger partial charge < -0.3 is 9.84 Å². The summed E-state index contributed by atoms with van der Waals surface area (Å²) >= 11 is 0. The van der Waals surface area contributed by atoms with Gasteiger partial charge >= 0.3 is 5.97 Å². The number of nitrogens with one attached hydrogen (secondary N) is 1. The summed E-state index contributed by atoms with van der Waals surface area (Å²) < 4.78 is 30.8. The average Bonchev–Trinajstić information content (AvgIpc) is 2.34. The smallest absolute Gasteiger partial charge is 0.303 e. The molecule has 6 nitrogen and oxygen atoms in total. The van der Waals surface area contributed by atoms with Crippen molar-refractivity contribution in [1.29, 1.82) is 0 Å². The number of carboxylic acids is 1. The molecule has 0 bridgehead atoms. The zero-order chi connectivity index (χ0) is 15.0. The van der Waals surface area contributed by atoms with Gasteiger partial charge in [0.25, 0.3) is 0 Å². The fraction of sp³-hybridized carbons (Fsp3) is 0.462. The van der Waals surface area contributed by atoms with Crippen molar-refractivity contribution < 1.29 is 23.1 Å². The number of hydrogen-bond donors (Lipinski definition) is 2. The summed E-state index contributed by atoms with van der Waals surface area (Å²) in [6.45, 7) is 2.32. The van der Waals surface area contributed by atoms with E-state index < -0.39 is 16.0 Å². The molecule has 0 aliphatic carbocycles. The van der Waals surface area contributed by atoms with Crippen LogP contribution < -0.4 is 9.46 Å². The first-order valence-electron chi connectivity index (χ1n) is 6.28. The molecule has 0 aliphatic rings. The van der Waals surface area contributed by atoms with E-state index in [4.69, 9.17) is 9.84 Å². The largest absolute Gasteiger partial charge is 0.492 e. The summed E-state index contributed by atoms with van der Waals surface area (Å²) in [6, 6.07) is 7.47. The number of ether oxygens (including phenoxy) is 1. The lowest BCUT2D eigenvalue weighted by Crippen LogP contribution is -2.30. The molecule has 0 saturated carbocycles. The maximum absolute atomic E-state index is 11.5.